The zero-order chi connectivity index (χ0) is 22.2. The van der Waals surface area contributed by atoms with Gasteiger partial charge < -0.3 is 15.9 Å². The molecular weight excluding hydrogens is 436 g/mol. The van der Waals surface area contributed by atoms with Gasteiger partial charge in [0.25, 0.3) is 11.8 Å². The average Bonchev–Trinajstić information content (AvgIpc) is 3.43. The summed E-state index contributed by atoms with van der Waals surface area (Å²) in [5, 5.41) is 7.63. The van der Waals surface area contributed by atoms with Crippen LogP contribution in [0.4, 0.5) is 5.82 Å². The minimum atomic E-state index is -3.35. The highest BCUT2D eigenvalue weighted by Crippen LogP contribution is 2.31. The van der Waals surface area contributed by atoms with Gasteiger partial charge in [0.1, 0.15) is 0 Å². The molecule has 0 aliphatic heterocycles. The predicted molar refractivity (Wildman–Crippen MR) is 119 cm³/mol. The maximum absolute atomic E-state index is 12.3. The number of rotatable bonds is 6. The minimum Gasteiger partial charge on any atom is -0.414 e. The first kappa shape index (κ1) is 21.1. The maximum Gasteiger partial charge on any atom is 0.270 e. The van der Waals surface area contributed by atoms with Crippen LogP contribution in [-0.2, 0) is 16.4 Å². The molecule has 0 saturated heterocycles. The van der Waals surface area contributed by atoms with Gasteiger partial charge in [-0.3, -0.25) is 0 Å². The number of thiophene rings is 1. The van der Waals surface area contributed by atoms with Crippen molar-refractivity contribution in [2.45, 2.75) is 30.5 Å². The van der Waals surface area contributed by atoms with Gasteiger partial charge in [0.2, 0.25) is 0 Å². The van der Waals surface area contributed by atoms with Crippen molar-refractivity contribution in [3.8, 4) is 33.6 Å². The molecule has 4 aromatic rings. The third-order valence-electron chi connectivity index (χ3n) is 4.60. The van der Waals surface area contributed by atoms with Crippen molar-refractivity contribution in [1.82, 2.24) is 20.2 Å². The Labute approximate surface area is 183 Å². The number of nitrogens with two attached hydrogens (primary N) is 2. The van der Waals surface area contributed by atoms with E-state index in [1.165, 1.54) is 17.5 Å². The normalized spacial score (nSPS) is 11.9. The number of hydrogen-bond acceptors (Lipinski definition) is 10. The highest BCUT2D eigenvalue weighted by atomic mass is 32.2. The molecule has 4 rings (SSSR count). The predicted octanol–water partition coefficient (Wildman–Crippen LogP) is 3.15. The number of nitrogen functional groups attached to an aromatic ring is 1. The summed E-state index contributed by atoms with van der Waals surface area (Å²) in [6.45, 7) is 3.72. The Hall–Kier alpha value is -3.15. The van der Waals surface area contributed by atoms with E-state index in [1.807, 2.05) is 12.1 Å². The zero-order valence-electron chi connectivity index (χ0n) is 16.8. The zero-order valence-corrected chi connectivity index (χ0v) is 18.4. The number of benzene rings is 1. The van der Waals surface area contributed by atoms with Crippen molar-refractivity contribution >= 4 is 27.0 Å². The largest absolute Gasteiger partial charge is 0.414 e. The molecule has 0 saturated carbocycles. The number of nitrogens with zero attached hydrogens (tertiary/aromatic N) is 4. The molecule has 0 radical (unpaired) electrons. The molecule has 0 unspecified atom stereocenters. The first-order valence-corrected chi connectivity index (χ1v) is 11.8. The van der Waals surface area contributed by atoms with Crippen molar-refractivity contribution in [3.63, 3.8) is 0 Å². The van der Waals surface area contributed by atoms with Crippen LogP contribution < -0.4 is 11.5 Å². The first-order valence-electron chi connectivity index (χ1n) is 9.39. The molecule has 3 aromatic heterocycles. The van der Waals surface area contributed by atoms with Crippen LogP contribution in [0.1, 0.15) is 18.7 Å². The lowest BCUT2D eigenvalue weighted by molar-refractivity contribution is 0.583. The highest BCUT2D eigenvalue weighted by Gasteiger charge is 2.20. The van der Waals surface area contributed by atoms with Gasteiger partial charge in [0.15, 0.2) is 21.3 Å². The standard InChI is InChI=1S/C20H20N6O3S2/c1-11(2)31(27,28)14-6-3-12(4-7-14)15-10-23-18(22)17(24-15)20-26-25-19(29-20)16-8-5-13(9-21)30-16/h3-8,10-11H,9,21H2,1-2H3,(H2,22,23). The summed E-state index contributed by atoms with van der Waals surface area (Å²) >= 11 is 1.47. The maximum atomic E-state index is 12.3. The summed E-state index contributed by atoms with van der Waals surface area (Å²) in [7, 11) is -3.35. The third-order valence-corrected chi connectivity index (χ3v) is 7.87. The lowest BCUT2D eigenvalue weighted by atomic mass is 10.1. The van der Waals surface area contributed by atoms with Gasteiger partial charge in [-0.2, -0.15) is 0 Å². The van der Waals surface area contributed by atoms with Crippen LogP contribution in [0.3, 0.4) is 0 Å². The second kappa shape index (κ2) is 8.17. The molecule has 1 aromatic carbocycles. The van der Waals surface area contributed by atoms with Crippen molar-refractivity contribution in [2.75, 3.05) is 5.73 Å². The van der Waals surface area contributed by atoms with Crippen molar-refractivity contribution in [3.05, 3.63) is 47.5 Å². The Balaban J connectivity index is 1.67. The topological polar surface area (TPSA) is 151 Å². The van der Waals surface area contributed by atoms with Crippen LogP contribution in [0.5, 0.6) is 0 Å². The lowest BCUT2D eigenvalue weighted by Crippen LogP contribution is -2.13. The van der Waals surface area contributed by atoms with Gasteiger partial charge in [0, 0.05) is 17.0 Å². The number of hydrogen-bond donors (Lipinski definition) is 2. The third kappa shape index (κ3) is 4.07. The smallest absolute Gasteiger partial charge is 0.270 e. The summed E-state index contributed by atoms with van der Waals surface area (Å²) in [6.07, 6.45) is 1.51. The fraction of sp³-hybridized carbons (Fsp3) is 0.200. The minimum absolute atomic E-state index is 0.142. The number of anilines is 1. The summed E-state index contributed by atoms with van der Waals surface area (Å²) in [5.41, 5.74) is 13.1. The Kier molecular flexibility index (Phi) is 5.56. The fourth-order valence-electron chi connectivity index (χ4n) is 2.80. The molecule has 9 nitrogen and oxygen atoms in total. The van der Waals surface area contributed by atoms with Gasteiger partial charge in [-0.25, -0.2) is 18.4 Å². The lowest BCUT2D eigenvalue weighted by Gasteiger charge is -2.09. The Morgan fingerprint density at radius 3 is 2.42 bits per heavy atom. The van der Waals surface area contributed by atoms with Gasteiger partial charge in [-0.05, 0) is 38.1 Å². The molecule has 0 aliphatic carbocycles. The van der Waals surface area contributed by atoms with E-state index < -0.39 is 15.1 Å². The fourth-order valence-corrected chi connectivity index (χ4v) is 4.67. The van der Waals surface area contributed by atoms with Crippen LogP contribution in [0.25, 0.3) is 33.6 Å². The van der Waals surface area contributed by atoms with E-state index in [1.54, 1.807) is 38.1 Å². The van der Waals surface area contributed by atoms with Crippen LogP contribution in [0.2, 0.25) is 0 Å². The molecule has 0 fully saturated rings. The monoisotopic (exact) mass is 456 g/mol. The average molecular weight is 457 g/mol. The Morgan fingerprint density at radius 2 is 1.77 bits per heavy atom. The molecular formula is C20H20N6O3S2. The van der Waals surface area contributed by atoms with Crippen LogP contribution in [0.15, 0.2) is 51.9 Å². The molecule has 0 bridgehead atoms. The van der Waals surface area contributed by atoms with Crippen LogP contribution in [0, 0.1) is 0 Å². The summed E-state index contributed by atoms with van der Waals surface area (Å²) < 4.78 is 30.4. The van der Waals surface area contributed by atoms with Crippen molar-refractivity contribution in [1.29, 1.82) is 0 Å². The molecule has 160 valence electrons. The van der Waals surface area contributed by atoms with Crippen LogP contribution in [-0.4, -0.2) is 33.8 Å². The van der Waals surface area contributed by atoms with Gasteiger partial charge in [-0.1, -0.05) is 12.1 Å². The van der Waals surface area contributed by atoms with E-state index in [9.17, 15) is 8.42 Å². The van der Waals surface area contributed by atoms with E-state index in [0.717, 1.165) is 9.75 Å². The molecule has 31 heavy (non-hydrogen) atoms. The van der Waals surface area contributed by atoms with E-state index >= 15 is 0 Å². The molecule has 3 heterocycles. The first-order chi connectivity index (χ1) is 14.8. The highest BCUT2D eigenvalue weighted by molar-refractivity contribution is 7.92. The molecule has 4 N–H and O–H groups in total. The van der Waals surface area contributed by atoms with E-state index in [4.69, 9.17) is 15.9 Å². The van der Waals surface area contributed by atoms with E-state index in [2.05, 4.69) is 20.2 Å². The molecule has 0 atom stereocenters. The Bertz CT molecular complexity index is 1330. The van der Waals surface area contributed by atoms with Crippen molar-refractivity contribution < 1.29 is 12.8 Å². The second-order valence-electron chi connectivity index (χ2n) is 6.99. The van der Waals surface area contributed by atoms with E-state index in [-0.39, 0.29) is 22.3 Å². The molecule has 11 heteroatoms. The quantitative estimate of drug-likeness (QED) is 0.446. The molecule has 0 amide bonds. The van der Waals surface area contributed by atoms with Gasteiger partial charge in [-0.15, -0.1) is 21.5 Å². The second-order valence-corrected chi connectivity index (χ2v) is 10.7. The van der Waals surface area contributed by atoms with Gasteiger partial charge >= 0.3 is 0 Å². The van der Waals surface area contributed by atoms with E-state index in [0.29, 0.717) is 23.7 Å². The molecule has 0 aliphatic rings. The van der Waals surface area contributed by atoms with Gasteiger partial charge in [0.05, 0.1) is 26.9 Å². The Morgan fingerprint density at radius 1 is 1.06 bits per heavy atom. The molecule has 0 spiro atoms. The SMILES string of the molecule is CC(C)S(=O)(=O)c1ccc(-c2cnc(N)c(-c3nnc(-c4ccc(CN)s4)o3)n2)cc1. The number of aromatic nitrogens is 4. The summed E-state index contributed by atoms with van der Waals surface area (Å²) in [6, 6.07) is 10.2. The van der Waals surface area contributed by atoms with Crippen LogP contribution >= 0.6 is 11.3 Å². The summed E-state index contributed by atoms with van der Waals surface area (Å²) in [4.78, 5) is 10.8. The van der Waals surface area contributed by atoms with Crippen molar-refractivity contribution in [2.24, 2.45) is 5.73 Å². The summed E-state index contributed by atoms with van der Waals surface area (Å²) in [5.74, 6) is 0.630. The number of sulfone groups is 1.